The quantitative estimate of drug-likeness (QED) is 0.773. The monoisotopic (exact) mass is 243 g/mol. The number of benzene rings is 1. The summed E-state index contributed by atoms with van der Waals surface area (Å²) < 4.78 is 4.91. The first-order valence-electron chi connectivity index (χ1n) is 4.86. The number of phenols is 1. The molecule has 0 aliphatic carbocycles. The average Bonchev–Trinajstić information content (AvgIpc) is 2.27. The molecule has 0 heterocycles. The van der Waals surface area contributed by atoms with Crippen LogP contribution in [0.5, 0.6) is 11.5 Å². The van der Waals surface area contributed by atoms with Gasteiger partial charge in [-0.2, -0.15) is 0 Å². The van der Waals surface area contributed by atoms with Crippen LogP contribution in [-0.4, -0.2) is 24.0 Å². The van der Waals surface area contributed by atoms with E-state index in [9.17, 15) is 9.90 Å². The van der Waals surface area contributed by atoms with Crippen molar-refractivity contribution in [2.24, 2.45) is 0 Å². The highest BCUT2D eigenvalue weighted by Crippen LogP contribution is 2.25. The van der Waals surface area contributed by atoms with Crippen LogP contribution in [0, 0.1) is 0 Å². The van der Waals surface area contributed by atoms with Crippen LogP contribution >= 0.6 is 11.6 Å². The Kier molecular flexibility index (Phi) is 4.92. The van der Waals surface area contributed by atoms with Gasteiger partial charge in [0.05, 0.1) is 7.11 Å². The highest BCUT2D eigenvalue weighted by Gasteiger charge is 2.04. The molecular formula is C11H14ClNO3. The SMILES string of the molecule is COc1ccc(CNC(=O)CCCl)cc1O. The van der Waals surface area contributed by atoms with E-state index >= 15 is 0 Å². The fourth-order valence-electron chi connectivity index (χ4n) is 1.22. The third kappa shape index (κ3) is 3.62. The maximum atomic E-state index is 11.1. The van der Waals surface area contributed by atoms with E-state index in [4.69, 9.17) is 16.3 Å². The van der Waals surface area contributed by atoms with Gasteiger partial charge in [0.25, 0.3) is 0 Å². The predicted octanol–water partition coefficient (Wildman–Crippen LogP) is 1.65. The average molecular weight is 244 g/mol. The Morgan fingerprint density at radius 2 is 2.31 bits per heavy atom. The molecule has 0 aliphatic rings. The summed E-state index contributed by atoms with van der Waals surface area (Å²) in [6.45, 7) is 0.368. The largest absolute Gasteiger partial charge is 0.504 e. The summed E-state index contributed by atoms with van der Waals surface area (Å²) in [5.41, 5.74) is 0.807. The Morgan fingerprint density at radius 3 is 2.88 bits per heavy atom. The number of aromatic hydroxyl groups is 1. The fourth-order valence-corrected chi connectivity index (χ4v) is 1.39. The van der Waals surface area contributed by atoms with Crippen LogP contribution in [0.15, 0.2) is 18.2 Å². The molecule has 0 saturated heterocycles. The molecule has 0 radical (unpaired) electrons. The number of methoxy groups -OCH3 is 1. The lowest BCUT2D eigenvalue weighted by Gasteiger charge is -2.07. The number of hydrogen-bond donors (Lipinski definition) is 2. The van der Waals surface area contributed by atoms with Gasteiger partial charge in [-0.15, -0.1) is 11.6 Å². The molecule has 0 unspecified atom stereocenters. The maximum absolute atomic E-state index is 11.1. The molecule has 1 aromatic rings. The Labute approximate surface area is 99.2 Å². The second-order valence-corrected chi connectivity index (χ2v) is 3.60. The molecule has 0 spiro atoms. The standard InChI is InChI=1S/C11H14ClNO3/c1-16-10-3-2-8(6-9(10)14)7-13-11(15)4-5-12/h2-3,6,14H,4-5,7H2,1H3,(H,13,15). The van der Waals surface area contributed by atoms with Gasteiger partial charge in [0, 0.05) is 18.8 Å². The van der Waals surface area contributed by atoms with Crippen molar-refractivity contribution >= 4 is 17.5 Å². The van der Waals surface area contributed by atoms with Crippen LogP contribution in [0.25, 0.3) is 0 Å². The highest BCUT2D eigenvalue weighted by molar-refractivity contribution is 6.18. The predicted molar refractivity (Wildman–Crippen MR) is 61.8 cm³/mol. The number of carbonyl (C=O) groups excluding carboxylic acids is 1. The Bertz CT molecular complexity index is 368. The summed E-state index contributed by atoms with van der Waals surface area (Å²) in [7, 11) is 1.48. The van der Waals surface area contributed by atoms with Gasteiger partial charge < -0.3 is 15.2 Å². The molecule has 1 aromatic carbocycles. The highest BCUT2D eigenvalue weighted by atomic mass is 35.5. The lowest BCUT2D eigenvalue weighted by molar-refractivity contribution is -0.120. The fraction of sp³-hybridized carbons (Fsp3) is 0.364. The van der Waals surface area contributed by atoms with E-state index in [1.54, 1.807) is 18.2 Å². The van der Waals surface area contributed by atoms with Gasteiger partial charge in [-0.1, -0.05) is 6.07 Å². The molecule has 1 amide bonds. The molecule has 0 aliphatic heterocycles. The zero-order chi connectivity index (χ0) is 12.0. The number of phenolic OH excluding ortho intramolecular Hbond substituents is 1. The van der Waals surface area contributed by atoms with Gasteiger partial charge in [-0.3, -0.25) is 4.79 Å². The van der Waals surface area contributed by atoms with Crippen LogP contribution in [-0.2, 0) is 11.3 Å². The number of alkyl halides is 1. The first kappa shape index (κ1) is 12.6. The molecule has 4 nitrogen and oxygen atoms in total. The second kappa shape index (κ2) is 6.23. The van der Waals surface area contributed by atoms with Gasteiger partial charge in [0.15, 0.2) is 11.5 Å². The van der Waals surface area contributed by atoms with E-state index in [0.29, 0.717) is 24.6 Å². The molecule has 0 aromatic heterocycles. The third-order valence-corrected chi connectivity index (χ3v) is 2.24. The lowest BCUT2D eigenvalue weighted by Crippen LogP contribution is -2.22. The number of amides is 1. The van der Waals surface area contributed by atoms with E-state index in [2.05, 4.69) is 5.32 Å². The second-order valence-electron chi connectivity index (χ2n) is 3.22. The van der Waals surface area contributed by atoms with Crippen LogP contribution in [0.1, 0.15) is 12.0 Å². The normalized spacial score (nSPS) is 9.88. The first-order valence-corrected chi connectivity index (χ1v) is 5.39. The summed E-state index contributed by atoms with van der Waals surface area (Å²) in [4.78, 5) is 11.1. The van der Waals surface area contributed by atoms with Crippen LogP contribution in [0.2, 0.25) is 0 Å². The summed E-state index contributed by atoms with van der Waals surface area (Å²) >= 11 is 5.43. The molecule has 0 bridgehead atoms. The van der Waals surface area contributed by atoms with Crippen molar-refractivity contribution in [1.82, 2.24) is 5.32 Å². The van der Waals surface area contributed by atoms with Gasteiger partial charge in [0.2, 0.25) is 5.91 Å². The zero-order valence-electron chi connectivity index (χ0n) is 9.00. The topological polar surface area (TPSA) is 58.6 Å². The molecule has 16 heavy (non-hydrogen) atoms. The van der Waals surface area contributed by atoms with E-state index in [1.807, 2.05) is 0 Å². The smallest absolute Gasteiger partial charge is 0.221 e. The molecule has 5 heteroatoms. The molecule has 0 saturated carbocycles. The number of carbonyl (C=O) groups is 1. The van der Waals surface area contributed by atoms with Crippen molar-refractivity contribution in [3.63, 3.8) is 0 Å². The van der Waals surface area contributed by atoms with Gasteiger partial charge in [0.1, 0.15) is 0 Å². The van der Waals surface area contributed by atoms with Crippen molar-refractivity contribution in [1.29, 1.82) is 0 Å². The number of ether oxygens (including phenoxy) is 1. The van der Waals surface area contributed by atoms with Crippen LogP contribution < -0.4 is 10.1 Å². The number of hydrogen-bond acceptors (Lipinski definition) is 3. The van der Waals surface area contributed by atoms with Crippen LogP contribution in [0.4, 0.5) is 0 Å². The summed E-state index contributed by atoms with van der Waals surface area (Å²) in [6, 6.07) is 4.98. The van der Waals surface area contributed by atoms with E-state index in [-0.39, 0.29) is 11.7 Å². The van der Waals surface area contributed by atoms with Crippen molar-refractivity contribution in [3.8, 4) is 11.5 Å². The Morgan fingerprint density at radius 1 is 1.56 bits per heavy atom. The van der Waals surface area contributed by atoms with Gasteiger partial charge in [-0.25, -0.2) is 0 Å². The van der Waals surface area contributed by atoms with Crippen molar-refractivity contribution in [2.75, 3.05) is 13.0 Å². The summed E-state index contributed by atoms with van der Waals surface area (Å²) in [5, 5.41) is 12.2. The number of rotatable bonds is 5. The number of halogens is 1. The molecule has 0 fully saturated rings. The lowest BCUT2D eigenvalue weighted by atomic mass is 10.2. The maximum Gasteiger partial charge on any atom is 0.221 e. The first-order chi connectivity index (χ1) is 7.67. The van der Waals surface area contributed by atoms with E-state index < -0.39 is 0 Å². The Hall–Kier alpha value is -1.42. The minimum absolute atomic E-state index is 0.0617. The zero-order valence-corrected chi connectivity index (χ0v) is 9.75. The minimum Gasteiger partial charge on any atom is -0.504 e. The van der Waals surface area contributed by atoms with Crippen molar-refractivity contribution < 1.29 is 14.6 Å². The third-order valence-electron chi connectivity index (χ3n) is 2.05. The van der Waals surface area contributed by atoms with Crippen molar-refractivity contribution in [2.45, 2.75) is 13.0 Å². The molecule has 0 atom stereocenters. The van der Waals surface area contributed by atoms with E-state index in [0.717, 1.165) is 5.56 Å². The molecular weight excluding hydrogens is 230 g/mol. The van der Waals surface area contributed by atoms with Gasteiger partial charge >= 0.3 is 0 Å². The van der Waals surface area contributed by atoms with Gasteiger partial charge in [-0.05, 0) is 17.7 Å². The summed E-state index contributed by atoms with van der Waals surface area (Å²) in [5.74, 6) is 0.674. The molecule has 1 rings (SSSR count). The molecule has 2 N–H and O–H groups in total. The van der Waals surface area contributed by atoms with E-state index in [1.165, 1.54) is 7.11 Å². The number of nitrogens with one attached hydrogen (secondary N) is 1. The summed E-state index contributed by atoms with van der Waals surface area (Å²) in [6.07, 6.45) is 0.295. The minimum atomic E-state index is -0.106. The molecule has 88 valence electrons. The van der Waals surface area contributed by atoms with Crippen LogP contribution in [0.3, 0.4) is 0 Å². The Balaban J connectivity index is 2.55. The van der Waals surface area contributed by atoms with Crippen molar-refractivity contribution in [3.05, 3.63) is 23.8 Å².